The average molecular weight is 307 g/mol. The van der Waals surface area contributed by atoms with E-state index in [4.69, 9.17) is 16.3 Å². The van der Waals surface area contributed by atoms with Gasteiger partial charge in [0.15, 0.2) is 0 Å². The Bertz CT molecular complexity index is 797. The Labute approximate surface area is 124 Å². The molecule has 0 saturated heterocycles. The van der Waals surface area contributed by atoms with Gasteiger partial charge in [0, 0.05) is 0 Å². The van der Waals surface area contributed by atoms with Crippen LogP contribution in [0, 0.1) is 0 Å². The van der Waals surface area contributed by atoms with Crippen LogP contribution in [0.3, 0.4) is 0 Å². The molecule has 0 atom stereocenters. The van der Waals surface area contributed by atoms with Crippen LogP contribution in [0.1, 0.15) is 0 Å². The summed E-state index contributed by atoms with van der Waals surface area (Å²) in [5, 5.41) is 2.43. The topological polar surface area (TPSA) is 44.1 Å². The van der Waals surface area contributed by atoms with Crippen LogP contribution in [-0.2, 0) is 6.54 Å². The summed E-state index contributed by atoms with van der Waals surface area (Å²) >= 11 is 7.40. The van der Waals surface area contributed by atoms with Crippen molar-refractivity contribution in [3.63, 3.8) is 0 Å². The van der Waals surface area contributed by atoms with Gasteiger partial charge in [-0.15, -0.1) is 11.3 Å². The van der Waals surface area contributed by atoms with Crippen molar-refractivity contribution in [1.29, 1.82) is 0 Å². The predicted octanol–water partition coefficient (Wildman–Crippen LogP) is 3.19. The Morgan fingerprint density at radius 1 is 1.30 bits per heavy atom. The number of hydrogen-bond donors (Lipinski definition) is 0. The molecule has 102 valence electrons. The minimum absolute atomic E-state index is 0.0345. The molecule has 20 heavy (non-hydrogen) atoms. The smallest absolute Gasteiger partial charge is 0.271 e. The van der Waals surface area contributed by atoms with E-state index in [-0.39, 0.29) is 5.56 Å². The molecule has 3 rings (SSSR count). The molecule has 0 amide bonds. The second-order valence-corrected chi connectivity index (χ2v) is 5.48. The Kier molecular flexibility index (Phi) is 3.71. The number of thiophene rings is 1. The van der Waals surface area contributed by atoms with Crippen molar-refractivity contribution in [2.45, 2.75) is 6.54 Å². The van der Waals surface area contributed by atoms with E-state index in [1.165, 1.54) is 11.3 Å². The third-order valence-corrected chi connectivity index (χ3v) is 4.07. The minimum Gasteiger partial charge on any atom is -0.490 e. The highest BCUT2D eigenvalue weighted by molar-refractivity contribution is 7.17. The third-order valence-electron chi connectivity index (χ3n) is 2.86. The molecule has 0 N–H and O–H groups in total. The molecule has 6 heteroatoms. The number of hydrogen-bond acceptors (Lipinski definition) is 4. The fraction of sp³-hybridized carbons (Fsp3) is 0.143. The zero-order valence-corrected chi connectivity index (χ0v) is 12.0. The first kappa shape index (κ1) is 13.1. The van der Waals surface area contributed by atoms with Crippen LogP contribution < -0.4 is 10.3 Å². The lowest BCUT2D eigenvalue weighted by molar-refractivity contribution is 0.296. The Hall–Kier alpha value is -1.85. The summed E-state index contributed by atoms with van der Waals surface area (Å²) < 4.78 is 7.80. The number of aromatic nitrogens is 2. The standard InChI is InChI=1S/C14H11ClN2O2S/c15-10-3-1-2-4-12(10)19-7-6-17-9-16-11-5-8-20-13(11)14(17)18/h1-5,8-9H,6-7H2. The molecule has 1 aromatic carbocycles. The number of para-hydroxylation sites is 1. The molecule has 4 nitrogen and oxygen atoms in total. The molecule has 2 aromatic heterocycles. The Morgan fingerprint density at radius 3 is 3.00 bits per heavy atom. The molecule has 0 spiro atoms. The van der Waals surface area contributed by atoms with E-state index in [1.807, 2.05) is 23.6 Å². The zero-order valence-electron chi connectivity index (χ0n) is 10.5. The molecule has 0 unspecified atom stereocenters. The van der Waals surface area contributed by atoms with Gasteiger partial charge >= 0.3 is 0 Å². The molecule has 0 radical (unpaired) electrons. The van der Waals surface area contributed by atoms with E-state index in [9.17, 15) is 4.79 Å². The van der Waals surface area contributed by atoms with Crippen molar-refractivity contribution < 1.29 is 4.74 Å². The lowest BCUT2D eigenvalue weighted by Crippen LogP contribution is -2.22. The van der Waals surface area contributed by atoms with Gasteiger partial charge in [-0.05, 0) is 23.6 Å². The molecule has 0 aliphatic carbocycles. The van der Waals surface area contributed by atoms with Gasteiger partial charge in [0.25, 0.3) is 5.56 Å². The first-order valence-electron chi connectivity index (χ1n) is 6.05. The van der Waals surface area contributed by atoms with Crippen LogP contribution >= 0.6 is 22.9 Å². The number of fused-ring (bicyclic) bond motifs is 1. The van der Waals surface area contributed by atoms with E-state index in [0.717, 1.165) is 5.52 Å². The number of nitrogens with zero attached hydrogens (tertiary/aromatic N) is 2. The van der Waals surface area contributed by atoms with Crippen LogP contribution in [0.4, 0.5) is 0 Å². The number of halogens is 1. The van der Waals surface area contributed by atoms with E-state index >= 15 is 0 Å². The summed E-state index contributed by atoms with van der Waals surface area (Å²) in [6.07, 6.45) is 1.55. The molecular formula is C14H11ClN2O2S. The fourth-order valence-corrected chi connectivity index (χ4v) is 2.84. The molecule has 3 aromatic rings. The van der Waals surface area contributed by atoms with Crippen LogP contribution in [-0.4, -0.2) is 16.2 Å². The van der Waals surface area contributed by atoms with Crippen LogP contribution in [0.15, 0.2) is 46.8 Å². The highest BCUT2D eigenvalue weighted by atomic mass is 35.5. The maximum atomic E-state index is 12.2. The minimum atomic E-state index is -0.0345. The summed E-state index contributed by atoms with van der Waals surface area (Å²) in [6.45, 7) is 0.799. The number of benzene rings is 1. The van der Waals surface area contributed by atoms with E-state index in [2.05, 4.69) is 4.98 Å². The lowest BCUT2D eigenvalue weighted by Gasteiger charge is -2.09. The molecule has 0 aliphatic rings. The van der Waals surface area contributed by atoms with Crippen LogP contribution in [0.5, 0.6) is 5.75 Å². The Balaban J connectivity index is 1.73. The van der Waals surface area contributed by atoms with E-state index < -0.39 is 0 Å². The maximum absolute atomic E-state index is 12.2. The third kappa shape index (κ3) is 2.55. The maximum Gasteiger partial charge on any atom is 0.271 e. The average Bonchev–Trinajstić information content (AvgIpc) is 2.93. The van der Waals surface area contributed by atoms with Crippen molar-refractivity contribution in [3.8, 4) is 5.75 Å². The first-order chi connectivity index (χ1) is 9.75. The van der Waals surface area contributed by atoms with Gasteiger partial charge in [-0.3, -0.25) is 9.36 Å². The first-order valence-corrected chi connectivity index (χ1v) is 7.31. The van der Waals surface area contributed by atoms with Crippen LogP contribution in [0.2, 0.25) is 5.02 Å². The summed E-state index contributed by atoms with van der Waals surface area (Å²) in [6, 6.07) is 9.10. The molecular weight excluding hydrogens is 296 g/mol. The summed E-state index contributed by atoms with van der Waals surface area (Å²) in [5.74, 6) is 0.618. The van der Waals surface area contributed by atoms with Crippen molar-refractivity contribution >= 4 is 33.2 Å². The van der Waals surface area contributed by atoms with Gasteiger partial charge < -0.3 is 4.74 Å². The second kappa shape index (κ2) is 5.64. The SMILES string of the molecule is O=c1c2sccc2ncn1CCOc1ccccc1Cl. The summed E-state index contributed by atoms with van der Waals surface area (Å²) in [7, 11) is 0. The highest BCUT2D eigenvalue weighted by Gasteiger charge is 2.05. The van der Waals surface area contributed by atoms with Gasteiger partial charge in [-0.1, -0.05) is 23.7 Å². The Morgan fingerprint density at radius 2 is 2.15 bits per heavy atom. The van der Waals surface area contributed by atoms with Crippen molar-refractivity contribution in [1.82, 2.24) is 9.55 Å². The molecule has 2 heterocycles. The molecule has 0 saturated carbocycles. The van der Waals surface area contributed by atoms with Gasteiger partial charge in [-0.2, -0.15) is 0 Å². The molecule has 0 aliphatic heterocycles. The molecule has 0 bridgehead atoms. The number of rotatable bonds is 4. The summed E-state index contributed by atoms with van der Waals surface area (Å²) in [4.78, 5) is 16.4. The van der Waals surface area contributed by atoms with Gasteiger partial charge in [-0.25, -0.2) is 4.98 Å². The lowest BCUT2D eigenvalue weighted by atomic mass is 10.3. The van der Waals surface area contributed by atoms with E-state index in [1.54, 1.807) is 23.0 Å². The van der Waals surface area contributed by atoms with Crippen molar-refractivity contribution in [2.75, 3.05) is 6.61 Å². The fourth-order valence-electron chi connectivity index (χ4n) is 1.85. The van der Waals surface area contributed by atoms with E-state index in [0.29, 0.717) is 28.6 Å². The highest BCUT2D eigenvalue weighted by Crippen LogP contribution is 2.22. The van der Waals surface area contributed by atoms with Gasteiger partial charge in [0.1, 0.15) is 17.1 Å². The summed E-state index contributed by atoms with van der Waals surface area (Å²) in [5.41, 5.74) is 0.705. The van der Waals surface area contributed by atoms with Crippen LogP contribution in [0.25, 0.3) is 10.2 Å². The predicted molar refractivity (Wildman–Crippen MR) is 80.8 cm³/mol. The quantitative estimate of drug-likeness (QED) is 0.743. The molecule has 0 fully saturated rings. The van der Waals surface area contributed by atoms with Gasteiger partial charge in [0.2, 0.25) is 0 Å². The monoisotopic (exact) mass is 306 g/mol. The largest absolute Gasteiger partial charge is 0.490 e. The number of ether oxygens (including phenoxy) is 1. The normalized spacial score (nSPS) is 10.8. The van der Waals surface area contributed by atoms with Crippen molar-refractivity contribution in [2.24, 2.45) is 0 Å². The van der Waals surface area contributed by atoms with Gasteiger partial charge in [0.05, 0.1) is 23.4 Å². The zero-order chi connectivity index (χ0) is 13.9. The van der Waals surface area contributed by atoms with Crippen molar-refractivity contribution in [3.05, 3.63) is 57.4 Å². The second-order valence-electron chi connectivity index (χ2n) is 4.16.